The Kier molecular flexibility index (Phi) is 11.4. The zero-order chi connectivity index (χ0) is 17.6. The molecule has 24 heavy (non-hydrogen) atoms. The maximum atomic E-state index is 4.28. The molecule has 5 heteroatoms. The number of hydrogen-bond acceptors (Lipinski definition) is 3. The number of thioether (sulfide) groups is 1. The second-order valence-electron chi connectivity index (χ2n) is 5.83. The second kappa shape index (κ2) is 13.1. The Balaban J connectivity index is 2.35. The first kappa shape index (κ1) is 20.8. The smallest absolute Gasteiger partial charge is 0.191 e. The van der Waals surface area contributed by atoms with Crippen molar-refractivity contribution < 1.29 is 0 Å². The third-order valence-corrected chi connectivity index (χ3v) is 4.77. The van der Waals surface area contributed by atoms with E-state index in [9.17, 15) is 0 Å². The van der Waals surface area contributed by atoms with Gasteiger partial charge in [0.25, 0.3) is 0 Å². The highest BCUT2D eigenvalue weighted by molar-refractivity contribution is 7.98. The summed E-state index contributed by atoms with van der Waals surface area (Å²) in [4.78, 5) is 6.71. The van der Waals surface area contributed by atoms with Crippen molar-refractivity contribution in [2.75, 3.05) is 38.7 Å². The topological polar surface area (TPSA) is 39.7 Å². The van der Waals surface area contributed by atoms with Gasteiger partial charge in [-0.05, 0) is 49.1 Å². The molecule has 2 N–H and O–H groups in total. The Labute approximate surface area is 152 Å². The minimum atomic E-state index is 0.802. The Bertz CT molecular complexity index is 455. The summed E-state index contributed by atoms with van der Waals surface area (Å²) in [6.07, 6.45) is 4.59. The minimum absolute atomic E-state index is 0.802. The predicted molar refractivity (Wildman–Crippen MR) is 109 cm³/mol. The highest BCUT2D eigenvalue weighted by Gasteiger charge is 2.02. The van der Waals surface area contributed by atoms with E-state index in [1.807, 2.05) is 18.8 Å². The van der Waals surface area contributed by atoms with Crippen molar-refractivity contribution in [3.63, 3.8) is 0 Å². The standard InChI is InChI=1S/C19H34N4S/c1-5-23(6-2)16-18-11-9-17(10-12-18)15-22-19(20-3)21-13-7-8-14-24-4/h9-12H,5-8,13-16H2,1-4H3,(H2,20,21,22). The van der Waals surface area contributed by atoms with Crippen LogP contribution in [0, 0.1) is 0 Å². The Morgan fingerprint density at radius 2 is 1.71 bits per heavy atom. The Morgan fingerprint density at radius 3 is 2.29 bits per heavy atom. The van der Waals surface area contributed by atoms with Crippen molar-refractivity contribution >= 4 is 17.7 Å². The molecule has 0 atom stereocenters. The van der Waals surface area contributed by atoms with E-state index in [4.69, 9.17) is 0 Å². The average molecular weight is 351 g/mol. The lowest BCUT2D eigenvalue weighted by Crippen LogP contribution is -2.37. The fourth-order valence-electron chi connectivity index (χ4n) is 2.45. The molecule has 0 heterocycles. The lowest BCUT2D eigenvalue weighted by Gasteiger charge is -2.18. The summed E-state index contributed by atoms with van der Waals surface area (Å²) in [6, 6.07) is 8.87. The molecule has 0 saturated carbocycles. The number of guanidine groups is 1. The molecule has 0 saturated heterocycles. The van der Waals surface area contributed by atoms with Crippen LogP contribution >= 0.6 is 11.8 Å². The maximum absolute atomic E-state index is 4.28. The van der Waals surface area contributed by atoms with Crippen LogP contribution in [0.25, 0.3) is 0 Å². The monoisotopic (exact) mass is 350 g/mol. The van der Waals surface area contributed by atoms with E-state index in [-0.39, 0.29) is 0 Å². The van der Waals surface area contributed by atoms with E-state index >= 15 is 0 Å². The largest absolute Gasteiger partial charge is 0.356 e. The molecule has 136 valence electrons. The molecule has 0 unspecified atom stereocenters. The van der Waals surface area contributed by atoms with Crippen LogP contribution in [0.1, 0.15) is 37.8 Å². The van der Waals surface area contributed by atoms with Gasteiger partial charge in [-0.25, -0.2) is 0 Å². The fraction of sp³-hybridized carbons (Fsp3) is 0.632. The van der Waals surface area contributed by atoms with Gasteiger partial charge in [-0.15, -0.1) is 0 Å². The van der Waals surface area contributed by atoms with E-state index in [0.717, 1.165) is 38.7 Å². The van der Waals surface area contributed by atoms with Gasteiger partial charge in [-0.1, -0.05) is 38.1 Å². The summed E-state index contributed by atoms with van der Waals surface area (Å²) in [5, 5.41) is 6.76. The van der Waals surface area contributed by atoms with E-state index in [1.54, 1.807) is 0 Å². The Morgan fingerprint density at radius 1 is 1.04 bits per heavy atom. The third kappa shape index (κ3) is 8.60. The zero-order valence-electron chi connectivity index (χ0n) is 15.8. The van der Waals surface area contributed by atoms with Crippen LogP contribution in [-0.4, -0.2) is 49.6 Å². The van der Waals surface area contributed by atoms with Crippen LogP contribution in [0.2, 0.25) is 0 Å². The lowest BCUT2D eigenvalue weighted by molar-refractivity contribution is 0.296. The first-order chi connectivity index (χ1) is 11.7. The quantitative estimate of drug-likeness (QED) is 0.365. The Hall–Kier alpha value is -1.20. The highest BCUT2D eigenvalue weighted by atomic mass is 32.2. The van der Waals surface area contributed by atoms with E-state index < -0.39 is 0 Å². The van der Waals surface area contributed by atoms with Crippen molar-refractivity contribution in [2.45, 2.75) is 39.8 Å². The molecule has 1 aromatic rings. The molecule has 0 aliphatic carbocycles. The molecule has 4 nitrogen and oxygen atoms in total. The summed E-state index contributed by atoms with van der Waals surface area (Å²) in [5.41, 5.74) is 2.65. The van der Waals surface area contributed by atoms with E-state index in [0.29, 0.717) is 0 Å². The molecule has 0 aliphatic rings. The summed E-state index contributed by atoms with van der Waals surface area (Å²) < 4.78 is 0. The molecular formula is C19H34N4S. The van der Waals surface area contributed by atoms with Gasteiger partial charge in [0, 0.05) is 26.7 Å². The van der Waals surface area contributed by atoms with E-state index in [1.165, 1.54) is 29.7 Å². The molecule has 0 bridgehead atoms. The molecule has 0 fully saturated rings. The SMILES string of the molecule is CCN(CC)Cc1ccc(CNC(=NC)NCCCCSC)cc1. The lowest BCUT2D eigenvalue weighted by atomic mass is 10.1. The zero-order valence-corrected chi connectivity index (χ0v) is 16.6. The molecule has 1 rings (SSSR count). The number of hydrogen-bond donors (Lipinski definition) is 2. The van der Waals surface area contributed by atoms with Gasteiger partial charge in [-0.3, -0.25) is 9.89 Å². The molecule has 0 radical (unpaired) electrons. The van der Waals surface area contributed by atoms with Gasteiger partial charge in [0.1, 0.15) is 0 Å². The maximum Gasteiger partial charge on any atom is 0.191 e. The van der Waals surface area contributed by atoms with Crippen LogP contribution < -0.4 is 10.6 Å². The second-order valence-corrected chi connectivity index (χ2v) is 6.82. The van der Waals surface area contributed by atoms with Crippen molar-refractivity contribution in [2.24, 2.45) is 4.99 Å². The summed E-state index contributed by atoms with van der Waals surface area (Å²) in [6.45, 7) is 9.42. The van der Waals surface area contributed by atoms with Gasteiger partial charge in [0.05, 0.1) is 0 Å². The summed E-state index contributed by atoms with van der Waals surface area (Å²) >= 11 is 1.90. The van der Waals surface area contributed by atoms with E-state index in [2.05, 4.69) is 64.9 Å². The van der Waals surface area contributed by atoms with Crippen LogP contribution in [0.3, 0.4) is 0 Å². The highest BCUT2D eigenvalue weighted by Crippen LogP contribution is 2.07. The third-order valence-electron chi connectivity index (χ3n) is 4.07. The van der Waals surface area contributed by atoms with Crippen LogP contribution in [0.15, 0.2) is 29.3 Å². The number of nitrogens with one attached hydrogen (secondary N) is 2. The molecule has 0 aromatic heterocycles. The normalized spacial score (nSPS) is 11.8. The van der Waals surface area contributed by atoms with Crippen molar-refractivity contribution in [3.8, 4) is 0 Å². The number of aliphatic imine (C=N–C) groups is 1. The fourth-order valence-corrected chi connectivity index (χ4v) is 2.95. The number of benzene rings is 1. The summed E-state index contributed by atoms with van der Waals surface area (Å²) in [7, 11) is 1.82. The number of nitrogens with zero attached hydrogens (tertiary/aromatic N) is 2. The summed E-state index contributed by atoms with van der Waals surface area (Å²) in [5.74, 6) is 2.11. The first-order valence-corrected chi connectivity index (χ1v) is 10.4. The van der Waals surface area contributed by atoms with Crippen LogP contribution in [0.4, 0.5) is 0 Å². The van der Waals surface area contributed by atoms with Gasteiger partial charge in [0.2, 0.25) is 0 Å². The van der Waals surface area contributed by atoms with Gasteiger partial charge in [-0.2, -0.15) is 11.8 Å². The van der Waals surface area contributed by atoms with Crippen molar-refractivity contribution in [1.82, 2.24) is 15.5 Å². The van der Waals surface area contributed by atoms with Crippen LogP contribution in [-0.2, 0) is 13.1 Å². The molecule has 0 aliphatic heterocycles. The average Bonchev–Trinajstić information content (AvgIpc) is 2.63. The molecule has 0 spiro atoms. The predicted octanol–water partition coefficient (Wildman–Crippen LogP) is 3.34. The minimum Gasteiger partial charge on any atom is -0.356 e. The number of rotatable bonds is 11. The van der Waals surface area contributed by atoms with Gasteiger partial charge < -0.3 is 10.6 Å². The molecular weight excluding hydrogens is 316 g/mol. The molecule has 0 amide bonds. The molecule has 1 aromatic carbocycles. The number of unbranched alkanes of at least 4 members (excludes halogenated alkanes) is 1. The first-order valence-electron chi connectivity index (χ1n) is 8.97. The van der Waals surface area contributed by atoms with Crippen molar-refractivity contribution in [3.05, 3.63) is 35.4 Å². The van der Waals surface area contributed by atoms with Gasteiger partial charge >= 0.3 is 0 Å². The van der Waals surface area contributed by atoms with Gasteiger partial charge in [0.15, 0.2) is 5.96 Å². The van der Waals surface area contributed by atoms with Crippen LogP contribution in [0.5, 0.6) is 0 Å². The van der Waals surface area contributed by atoms with Crippen molar-refractivity contribution in [1.29, 1.82) is 0 Å².